The SMILES string of the molecule is COCc1ccnc(NC2CCC(Oc3cc(N)cc4nccnc34)CC2)c1. The number of nitrogens with zero attached hydrogens (tertiary/aromatic N) is 3. The Morgan fingerprint density at radius 1 is 1.04 bits per heavy atom. The molecule has 146 valence electrons. The highest BCUT2D eigenvalue weighted by Crippen LogP contribution is 2.30. The van der Waals surface area contributed by atoms with Crippen LogP contribution in [0.15, 0.2) is 42.9 Å². The van der Waals surface area contributed by atoms with Crippen molar-refractivity contribution in [1.82, 2.24) is 15.0 Å². The van der Waals surface area contributed by atoms with Crippen molar-refractivity contribution >= 4 is 22.5 Å². The highest BCUT2D eigenvalue weighted by atomic mass is 16.5. The van der Waals surface area contributed by atoms with Gasteiger partial charge in [-0.2, -0.15) is 0 Å². The second-order valence-electron chi connectivity index (χ2n) is 7.16. The van der Waals surface area contributed by atoms with Gasteiger partial charge >= 0.3 is 0 Å². The predicted octanol–water partition coefficient (Wildman–Crippen LogP) is 3.56. The Labute approximate surface area is 164 Å². The molecule has 3 N–H and O–H groups in total. The lowest BCUT2D eigenvalue weighted by Gasteiger charge is -2.30. The molecular formula is C21H25N5O2. The number of nitrogens with one attached hydrogen (secondary N) is 1. The molecule has 0 spiro atoms. The van der Waals surface area contributed by atoms with Crippen LogP contribution in [0.1, 0.15) is 31.2 Å². The van der Waals surface area contributed by atoms with Gasteiger partial charge in [-0.25, -0.2) is 9.97 Å². The molecule has 1 aliphatic rings. The summed E-state index contributed by atoms with van der Waals surface area (Å²) in [6.07, 6.45) is 9.28. The van der Waals surface area contributed by atoms with E-state index in [1.54, 1.807) is 19.5 Å². The zero-order valence-corrected chi connectivity index (χ0v) is 16.0. The van der Waals surface area contributed by atoms with Crippen LogP contribution in [0.2, 0.25) is 0 Å². The van der Waals surface area contributed by atoms with E-state index in [2.05, 4.69) is 20.3 Å². The van der Waals surface area contributed by atoms with Gasteiger partial charge in [0.25, 0.3) is 0 Å². The van der Waals surface area contributed by atoms with E-state index >= 15 is 0 Å². The van der Waals surface area contributed by atoms with Crippen LogP contribution in [0, 0.1) is 0 Å². The van der Waals surface area contributed by atoms with Crippen molar-refractivity contribution in [3.05, 3.63) is 48.4 Å². The molecule has 4 rings (SSSR count). The second kappa shape index (κ2) is 8.39. The van der Waals surface area contributed by atoms with Gasteiger partial charge in [-0.1, -0.05) is 0 Å². The van der Waals surface area contributed by atoms with Crippen LogP contribution < -0.4 is 15.8 Å². The molecule has 0 radical (unpaired) electrons. The summed E-state index contributed by atoms with van der Waals surface area (Å²) >= 11 is 0. The lowest BCUT2D eigenvalue weighted by Crippen LogP contribution is -2.31. The number of aromatic nitrogens is 3. The highest BCUT2D eigenvalue weighted by Gasteiger charge is 2.23. The van der Waals surface area contributed by atoms with E-state index in [0.717, 1.165) is 48.1 Å². The molecule has 1 fully saturated rings. The first kappa shape index (κ1) is 18.4. The average Bonchev–Trinajstić information content (AvgIpc) is 2.70. The Bertz CT molecular complexity index is 941. The topological polar surface area (TPSA) is 95.2 Å². The molecule has 0 atom stereocenters. The number of nitrogen functional groups attached to an aromatic ring is 1. The van der Waals surface area contributed by atoms with Gasteiger partial charge in [-0.15, -0.1) is 0 Å². The Kier molecular flexibility index (Phi) is 5.53. The number of benzene rings is 1. The molecule has 7 nitrogen and oxygen atoms in total. The largest absolute Gasteiger partial charge is 0.488 e. The van der Waals surface area contributed by atoms with Gasteiger partial charge in [0.15, 0.2) is 0 Å². The third-order valence-corrected chi connectivity index (χ3v) is 5.02. The van der Waals surface area contributed by atoms with Gasteiger partial charge in [-0.05, 0) is 49.4 Å². The van der Waals surface area contributed by atoms with Gasteiger partial charge < -0.3 is 20.5 Å². The van der Waals surface area contributed by atoms with Gasteiger partial charge in [-0.3, -0.25) is 4.98 Å². The molecule has 0 amide bonds. The first-order valence-corrected chi connectivity index (χ1v) is 9.58. The number of methoxy groups -OCH3 is 1. The number of pyridine rings is 1. The summed E-state index contributed by atoms with van der Waals surface area (Å²) in [6.45, 7) is 0.592. The number of ether oxygens (including phenoxy) is 2. The van der Waals surface area contributed by atoms with Gasteiger partial charge in [0, 0.05) is 43.5 Å². The van der Waals surface area contributed by atoms with Crippen molar-refractivity contribution < 1.29 is 9.47 Å². The maximum absolute atomic E-state index is 6.26. The zero-order valence-electron chi connectivity index (χ0n) is 16.0. The van der Waals surface area contributed by atoms with Gasteiger partial charge in [0.2, 0.25) is 0 Å². The molecule has 2 aromatic heterocycles. The number of rotatable bonds is 6. The summed E-state index contributed by atoms with van der Waals surface area (Å²) in [7, 11) is 1.70. The minimum absolute atomic E-state index is 0.151. The van der Waals surface area contributed by atoms with Crippen LogP contribution in [0.4, 0.5) is 11.5 Å². The van der Waals surface area contributed by atoms with Crippen molar-refractivity contribution in [2.75, 3.05) is 18.2 Å². The summed E-state index contributed by atoms with van der Waals surface area (Å²) in [5, 5.41) is 3.54. The van der Waals surface area contributed by atoms with Crippen molar-refractivity contribution in [3.63, 3.8) is 0 Å². The molecular weight excluding hydrogens is 354 g/mol. The number of hydrogen-bond acceptors (Lipinski definition) is 7. The number of hydrogen-bond donors (Lipinski definition) is 2. The van der Waals surface area contributed by atoms with Crippen molar-refractivity contribution in [1.29, 1.82) is 0 Å². The van der Waals surface area contributed by atoms with E-state index in [0.29, 0.717) is 24.1 Å². The maximum Gasteiger partial charge on any atom is 0.149 e. The summed E-state index contributed by atoms with van der Waals surface area (Å²) in [6, 6.07) is 8.07. The lowest BCUT2D eigenvalue weighted by molar-refractivity contribution is 0.152. The monoisotopic (exact) mass is 379 g/mol. The molecule has 0 saturated heterocycles. The molecule has 1 aromatic carbocycles. The van der Waals surface area contributed by atoms with Crippen LogP contribution in [0.25, 0.3) is 11.0 Å². The second-order valence-corrected chi connectivity index (χ2v) is 7.16. The number of nitrogens with two attached hydrogens (primary N) is 1. The minimum Gasteiger partial charge on any atom is -0.488 e. The third kappa shape index (κ3) is 4.31. The van der Waals surface area contributed by atoms with E-state index < -0.39 is 0 Å². The van der Waals surface area contributed by atoms with Crippen molar-refractivity contribution in [3.8, 4) is 5.75 Å². The molecule has 0 bridgehead atoms. The predicted molar refractivity (Wildman–Crippen MR) is 109 cm³/mol. The van der Waals surface area contributed by atoms with Gasteiger partial charge in [0.05, 0.1) is 18.2 Å². The summed E-state index contributed by atoms with van der Waals surface area (Å²) in [4.78, 5) is 13.2. The molecule has 0 aliphatic heterocycles. The Hall–Kier alpha value is -2.93. The average molecular weight is 379 g/mol. The fraction of sp³-hybridized carbons (Fsp3) is 0.381. The molecule has 2 heterocycles. The molecule has 3 aromatic rings. The van der Waals surface area contributed by atoms with E-state index in [9.17, 15) is 0 Å². The van der Waals surface area contributed by atoms with Crippen LogP contribution in [0.3, 0.4) is 0 Å². The summed E-state index contributed by atoms with van der Waals surface area (Å²) < 4.78 is 11.4. The number of anilines is 2. The quantitative estimate of drug-likeness (QED) is 0.632. The molecule has 1 aliphatic carbocycles. The normalized spacial score (nSPS) is 19.5. The van der Waals surface area contributed by atoms with Crippen LogP contribution in [0.5, 0.6) is 5.75 Å². The first-order valence-electron chi connectivity index (χ1n) is 9.58. The lowest BCUT2D eigenvalue weighted by atomic mass is 9.93. The minimum atomic E-state index is 0.151. The molecule has 0 unspecified atom stereocenters. The van der Waals surface area contributed by atoms with Crippen LogP contribution in [-0.4, -0.2) is 34.2 Å². The standard InChI is InChI=1S/C21H25N5O2/c1-27-13-14-6-7-24-20(10-14)26-16-2-4-17(5-3-16)28-19-12-15(22)11-18-21(19)25-9-8-23-18/h6-12,16-17H,2-5,13,22H2,1H3,(H,24,26). The Balaban J connectivity index is 1.37. The summed E-state index contributed by atoms with van der Waals surface area (Å²) in [5.74, 6) is 1.62. The zero-order chi connectivity index (χ0) is 19.3. The molecule has 28 heavy (non-hydrogen) atoms. The van der Waals surface area contributed by atoms with Crippen molar-refractivity contribution in [2.24, 2.45) is 0 Å². The first-order chi connectivity index (χ1) is 13.7. The molecule has 1 saturated carbocycles. The maximum atomic E-state index is 6.26. The van der Waals surface area contributed by atoms with Gasteiger partial charge in [0.1, 0.15) is 17.1 Å². The van der Waals surface area contributed by atoms with E-state index in [1.807, 2.05) is 30.5 Å². The van der Waals surface area contributed by atoms with Crippen molar-refractivity contribution in [2.45, 2.75) is 44.4 Å². The fourth-order valence-electron chi connectivity index (χ4n) is 3.68. The van der Waals surface area contributed by atoms with Crippen LogP contribution >= 0.6 is 0 Å². The summed E-state index contributed by atoms with van der Waals surface area (Å²) in [5.41, 5.74) is 9.27. The third-order valence-electron chi connectivity index (χ3n) is 5.02. The Morgan fingerprint density at radius 3 is 2.68 bits per heavy atom. The van der Waals surface area contributed by atoms with E-state index in [4.69, 9.17) is 15.2 Å². The highest BCUT2D eigenvalue weighted by molar-refractivity contribution is 5.84. The fourth-order valence-corrected chi connectivity index (χ4v) is 3.68. The smallest absolute Gasteiger partial charge is 0.149 e. The Morgan fingerprint density at radius 2 is 1.86 bits per heavy atom. The van der Waals surface area contributed by atoms with Crippen LogP contribution in [-0.2, 0) is 11.3 Å². The number of fused-ring (bicyclic) bond motifs is 1. The van der Waals surface area contributed by atoms with E-state index in [1.165, 1.54) is 0 Å². The molecule has 7 heteroatoms. The van der Waals surface area contributed by atoms with E-state index in [-0.39, 0.29) is 6.10 Å².